The minimum absolute atomic E-state index is 0.0128. The fraction of sp³-hybridized carbons (Fsp3) is 0.176. The third-order valence-corrected chi connectivity index (χ3v) is 4.06. The van der Waals surface area contributed by atoms with E-state index in [9.17, 15) is 4.79 Å². The van der Waals surface area contributed by atoms with Crippen LogP contribution in [0.25, 0.3) is 11.1 Å². The number of benzene rings is 2. The van der Waals surface area contributed by atoms with Crippen molar-refractivity contribution in [1.29, 1.82) is 0 Å². The van der Waals surface area contributed by atoms with E-state index in [1.807, 2.05) is 12.1 Å². The molecule has 4 nitrogen and oxygen atoms in total. The number of carboxylic acid groups (broad SMARTS) is 1. The Bertz CT molecular complexity index is 843. The molecule has 118 valence electrons. The molecule has 1 unspecified atom stereocenters. The molecule has 0 saturated carbocycles. The lowest BCUT2D eigenvalue weighted by Gasteiger charge is -2.13. The van der Waals surface area contributed by atoms with Gasteiger partial charge in [0.15, 0.2) is 11.5 Å². The average Bonchev–Trinajstić information content (AvgIpc) is 2.88. The minimum atomic E-state index is -0.871. The number of rotatable bonds is 5. The molecule has 0 amide bonds. The Morgan fingerprint density at radius 2 is 1.83 bits per heavy atom. The van der Waals surface area contributed by atoms with E-state index in [1.165, 1.54) is 0 Å². The molecule has 2 aromatic carbocycles. The Labute approximate surface area is 142 Å². The molecular formula is C17H13Cl2NO3. The molecule has 1 atom stereocenters. The molecule has 0 fully saturated rings. The summed E-state index contributed by atoms with van der Waals surface area (Å²) in [6.07, 6.45) is 0.376. The summed E-state index contributed by atoms with van der Waals surface area (Å²) in [5.41, 5.74) is 2.18. The zero-order chi connectivity index (χ0) is 16.4. The molecule has 3 rings (SSSR count). The average molecular weight is 350 g/mol. The highest BCUT2D eigenvalue weighted by molar-refractivity contribution is 6.31. The first-order valence-electron chi connectivity index (χ1n) is 7.03. The summed E-state index contributed by atoms with van der Waals surface area (Å²) in [6.45, 7) is 0. The van der Waals surface area contributed by atoms with Gasteiger partial charge in [-0.05, 0) is 35.9 Å². The molecule has 0 aliphatic rings. The lowest BCUT2D eigenvalue weighted by molar-refractivity contribution is -0.137. The predicted molar refractivity (Wildman–Crippen MR) is 89.2 cm³/mol. The van der Waals surface area contributed by atoms with Gasteiger partial charge in [0.25, 0.3) is 0 Å². The maximum absolute atomic E-state index is 11.2. The zero-order valence-corrected chi connectivity index (χ0v) is 13.5. The van der Waals surface area contributed by atoms with Gasteiger partial charge in [-0.2, -0.15) is 0 Å². The molecule has 0 saturated heterocycles. The highest BCUT2D eigenvalue weighted by Gasteiger charge is 2.19. The van der Waals surface area contributed by atoms with Gasteiger partial charge in [0, 0.05) is 22.4 Å². The van der Waals surface area contributed by atoms with Crippen molar-refractivity contribution in [2.24, 2.45) is 0 Å². The van der Waals surface area contributed by atoms with E-state index in [4.69, 9.17) is 32.7 Å². The fourth-order valence-electron chi connectivity index (χ4n) is 2.50. The van der Waals surface area contributed by atoms with Gasteiger partial charge in [-0.3, -0.25) is 4.79 Å². The summed E-state index contributed by atoms with van der Waals surface area (Å²) in [6, 6.07) is 12.4. The molecule has 0 aliphatic carbocycles. The van der Waals surface area contributed by atoms with Crippen molar-refractivity contribution in [3.63, 3.8) is 0 Å². The van der Waals surface area contributed by atoms with Gasteiger partial charge in [0.2, 0.25) is 0 Å². The Morgan fingerprint density at radius 3 is 2.52 bits per heavy atom. The number of fused-ring (bicyclic) bond motifs is 1. The smallest absolute Gasteiger partial charge is 0.303 e. The van der Waals surface area contributed by atoms with E-state index in [0.717, 1.165) is 5.56 Å². The van der Waals surface area contributed by atoms with Crippen molar-refractivity contribution in [1.82, 2.24) is 4.98 Å². The summed E-state index contributed by atoms with van der Waals surface area (Å²) in [7, 11) is 0. The molecule has 1 N–H and O–H groups in total. The van der Waals surface area contributed by atoms with Crippen molar-refractivity contribution < 1.29 is 14.3 Å². The highest BCUT2D eigenvalue weighted by Crippen LogP contribution is 2.28. The van der Waals surface area contributed by atoms with Crippen LogP contribution < -0.4 is 0 Å². The highest BCUT2D eigenvalue weighted by atomic mass is 35.5. The number of nitrogens with zero attached hydrogens (tertiary/aromatic N) is 1. The molecule has 0 aliphatic heterocycles. The third-order valence-electron chi connectivity index (χ3n) is 3.58. The first kappa shape index (κ1) is 15.8. The largest absolute Gasteiger partial charge is 0.481 e. The quantitative estimate of drug-likeness (QED) is 0.708. The van der Waals surface area contributed by atoms with Gasteiger partial charge in [0.05, 0.1) is 6.42 Å². The van der Waals surface area contributed by atoms with Crippen LogP contribution in [0.4, 0.5) is 0 Å². The van der Waals surface area contributed by atoms with Gasteiger partial charge < -0.3 is 9.52 Å². The number of hydrogen-bond acceptors (Lipinski definition) is 3. The number of hydrogen-bond donors (Lipinski definition) is 1. The van der Waals surface area contributed by atoms with Crippen LogP contribution in [0.1, 0.15) is 23.8 Å². The lowest BCUT2D eigenvalue weighted by atomic mass is 9.92. The van der Waals surface area contributed by atoms with E-state index in [0.29, 0.717) is 33.5 Å². The number of carbonyl (C=O) groups is 1. The van der Waals surface area contributed by atoms with Crippen LogP contribution in [0.3, 0.4) is 0 Å². The lowest BCUT2D eigenvalue weighted by Crippen LogP contribution is -2.09. The van der Waals surface area contributed by atoms with Crippen LogP contribution in [0, 0.1) is 0 Å². The topological polar surface area (TPSA) is 63.3 Å². The maximum Gasteiger partial charge on any atom is 0.303 e. The van der Waals surface area contributed by atoms with Gasteiger partial charge in [-0.15, -0.1) is 0 Å². The van der Waals surface area contributed by atoms with E-state index in [1.54, 1.807) is 30.3 Å². The summed E-state index contributed by atoms with van der Waals surface area (Å²) in [4.78, 5) is 15.6. The SMILES string of the molecule is O=C(O)CC(Cc1nc2cc(Cl)ccc2o1)c1ccc(Cl)cc1. The number of aromatic nitrogens is 1. The Hall–Kier alpha value is -2.04. The fourth-order valence-corrected chi connectivity index (χ4v) is 2.79. The normalized spacial score (nSPS) is 12.4. The summed E-state index contributed by atoms with van der Waals surface area (Å²) in [5.74, 6) is -0.624. The monoisotopic (exact) mass is 349 g/mol. The van der Waals surface area contributed by atoms with Crippen LogP contribution in [-0.4, -0.2) is 16.1 Å². The first-order chi connectivity index (χ1) is 11.0. The Morgan fingerprint density at radius 1 is 1.13 bits per heavy atom. The number of carboxylic acids is 1. The van der Waals surface area contributed by atoms with Gasteiger partial charge >= 0.3 is 5.97 Å². The molecule has 0 spiro atoms. The summed E-state index contributed by atoms with van der Waals surface area (Å²) >= 11 is 11.8. The van der Waals surface area contributed by atoms with Crippen LogP contribution in [-0.2, 0) is 11.2 Å². The number of oxazole rings is 1. The maximum atomic E-state index is 11.2. The van der Waals surface area contributed by atoms with Gasteiger partial charge in [-0.25, -0.2) is 4.98 Å². The second-order valence-electron chi connectivity index (χ2n) is 5.27. The molecule has 1 aromatic heterocycles. The van der Waals surface area contributed by atoms with Crippen molar-refractivity contribution in [2.45, 2.75) is 18.8 Å². The molecule has 23 heavy (non-hydrogen) atoms. The Balaban J connectivity index is 1.89. The van der Waals surface area contributed by atoms with Crippen molar-refractivity contribution >= 4 is 40.3 Å². The molecule has 1 heterocycles. The zero-order valence-electron chi connectivity index (χ0n) is 12.0. The third kappa shape index (κ3) is 3.84. The molecular weight excluding hydrogens is 337 g/mol. The molecule has 6 heteroatoms. The predicted octanol–water partition coefficient (Wildman–Crippen LogP) is 4.94. The molecule has 0 radical (unpaired) electrons. The van der Waals surface area contributed by atoms with Crippen LogP contribution in [0.5, 0.6) is 0 Å². The van der Waals surface area contributed by atoms with E-state index < -0.39 is 5.97 Å². The van der Waals surface area contributed by atoms with E-state index in [2.05, 4.69) is 4.98 Å². The van der Waals surface area contributed by atoms with Crippen molar-refractivity contribution in [3.05, 3.63) is 64.0 Å². The van der Waals surface area contributed by atoms with E-state index in [-0.39, 0.29) is 12.3 Å². The second-order valence-corrected chi connectivity index (χ2v) is 6.14. The Kier molecular flexibility index (Phi) is 4.55. The minimum Gasteiger partial charge on any atom is -0.481 e. The van der Waals surface area contributed by atoms with Gasteiger partial charge in [0.1, 0.15) is 5.52 Å². The molecule has 3 aromatic rings. The van der Waals surface area contributed by atoms with Gasteiger partial charge in [-0.1, -0.05) is 35.3 Å². The first-order valence-corrected chi connectivity index (χ1v) is 7.79. The number of aliphatic carboxylic acids is 1. The van der Waals surface area contributed by atoms with Crippen LogP contribution >= 0.6 is 23.2 Å². The molecule has 0 bridgehead atoms. The second kappa shape index (κ2) is 6.60. The van der Waals surface area contributed by atoms with Crippen LogP contribution in [0.15, 0.2) is 46.9 Å². The van der Waals surface area contributed by atoms with Crippen LogP contribution in [0.2, 0.25) is 10.0 Å². The standard InChI is InChI=1S/C17H13Cl2NO3/c18-12-3-1-10(2-4-12)11(8-17(21)22)7-16-20-14-9-13(19)5-6-15(14)23-16/h1-6,9,11H,7-8H2,(H,21,22). The summed E-state index contributed by atoms with van der Waals surface area (Å²) < 4.78 is 5.69. The summed E-state index contributed by atoms with van der Waals surface area (Å²) in [5, 5.41) is 10.4. The van der Waals surface area contributed by atoms with Crippen molar-refractivity contribution in [2.75, 3.05) is 0 Å². The number of halogens is 2. The van der Waals surface area contributed by atoms with Crippen molar-refractivity contribution in [3.8, 4) is 0 Å². The van der Waals surface area contributed by atoms with E-state index >= 15 is 0 Å².